The molecule has 0 bridgehead atoms. The van der Waals surface area contributed by atoms with E-state index >= 15 is 0 Å². The third-order valence-electron chi connectivity index (χ3n) is 3.30. The molecule has 1 amide bonds. The molecule has 3 heterocycles. The van der Waals surface area contributed by atoms with Gasteiger partial charge in [-0.3, -0.25) is 20.0 Å². The smallest absolute Gasteiger partial charge is 0.313 e. The van der Waals surface area contributed by atoms with Crippen molar-refractivity contribution in [3.63, 3.8) is 0 Å². The first-order chi connectivity index (χ1) is 12.8. The minimum atomic E-state index is -4.63. The van der Waals surface area contributed by atoms with E-state index in [0.29, 0.717) is 22.4 Å². The van der Waals surface area contributed by atoms with Crippen molar-refractivity contribution in [1.82, 2.24) is 25.1 Å². The Balaban J connectivity index is 1.62. The summed E-state index contributed by atoms with van der Waals surface area (Å²) in [6.45, 7) is -0.638. The number of rotatable bonds is 5. The van der Waals surface area contributed by atoms with Crippen LogP contribution in [0.3, 0.4) is 0 Å². The topological polar surface area (TPSA) is 115 Å². The first kappa shape index (κ1) is 18.1. The molecule has 0 atom stereocenters. The molecule has 0 radical (unpaired) electrons. The summed E-state index contributed by atoms with van der Waals surface area (Å²) in [7, 11) is 0. The number of nitrogens with one attached hydrogen (secondary N) is 2. The second-order valence-electron chi connectivity index (χ2n) is 5.21. The maximum atomic E-state index is 12.7. The Kier molecular flexibility index (Phi) is 4.88. The van der Waals surface area contributed by atoms with E-state index < -0.39 is 29.8 Å². The van der Waals surface area contributed by atoms with Crippen LogP contribution in [0.2, 0.25) is 0 Å². The van der Waals surface area contributed by atoms with E-state index in [1.54, 1.807) is 12.1 Å². The van der Waals surface area contributed by atoms with Gasteiger partial charge in [-0.15, -0.1) is 0 Å². The van der Waals surface area contributed by atoms with E-state index in [2.05, 4.69) is 26.0 Å². The Morgan fingerprint density at radius 1 is 1.19 bits per heavy atom. The zero-order chi connectivity index (χ0) is 19.4. The molecule has 9 nitrogen and oxygen atoms in total. The van der Waals surface area contributed by atoms with Crippen molar-refractivity contribution >= 4 is 11.9 Å². The van der Waals surface area contributed by atoms with Crippen LogP contribution in [0.15, 0.2) is 52.2 Å². The quantitative estimate of drug-likeness (QED) is 0.644. The van der Waals surface area contributed by atoms with Gasteiger partial charge in [0.1, 0.15) is 6.54 Å². The number of halogens is 3. The number of hydrogen-bond acceptors (Lipinski definition) is 7. The summed E-state index contributed by atoms with van der Waals surface area (Å²) in [5.74, 6) is -0.552. The summed E-state index contributed by atoms with van der Waals surface area (Å²) in [4.78, 5) is 31.3. The highest BCUT2D eigenvalue weighted by Gasteiger charge is 2.31. The molecular formula is C15H11F3N6O3. The monoisotopic (exact) mass is 380 g/mol. The largest absolute Gasteiger partial charge is 0.417 e. The van der Waals surface area contributed by atoms with Gasteiger partial charge in [-0.2, -0.15) is 18.2 Å². The van der Waals surface area contributed by atoms with Gasteiger partial charge < -0.3 is 9.09 Å². The first-order valence-corrected chi connectivity index (χ1v) is 7.39. The lowest BCUT2D eigenvalue weighted by molar-refractivity contribution is -0.138. The van der Waals surface area contributed by atoms with Crippen molar-refractivity contribution in [1.29, 1.82) is 0 Å². The van der Waals surface area contributed by atoms with Gasteiger partial charge in [0.15, 0.2) is 0 Å². The zero-order valence-corrected chi connectivity index (χ0v) is 13.4. The van der Waals surface area contributed by atoms with Crippen LogP contribution in [0.5, 0.6) is 0 Å². The maximum Gasteiger partial charge on any atom is 0.417 e. The summed E-state index contributed by atoms with van der Waals surface area (Å²) in [5.41, 5.74) is 3.32. The number of aromatic nitrogens is 4. The Morgan fingerprint density at radius 3 is 2.63 bits per heavy atom. The van der Waals surface area contributed by atoms with Crippen molar-refractivity contribution in [2.75, 3.05) is 5.43 Å². The average Bonchev–Trinajstić information content (AvgIpc) is 3.11. The molecule has 2 N–H and O–H groups in total. The van der Waals surface area contributed by atoms with Gasteiger partial charge in [-0.05, 0) is 18.2 Å². The predicted octanol–water partition coefficient (Wildman–Crippen LogP) is 1.46. The van der Waals surface area contributed by atoms with E-state index in [-0.39, 0.29) is 11.8 Å². The fourth-order valence-corrected chi connectivity index (χ4v) is 2.03. The third-order valence-corrected chi connectivity index (χ3v) is 3.30. The Hall–Kier alpha value is -3.70. The summed E-state index contributed by atoms with van der Waals surface area (Å²) in [6, 6.07) is 4.53. The van der Waals surface area contributed by atoms with Gasteiger partial charge in [0.2, 0.25) is 5.82 Å². The first-order valence-electron chi connectivity index (χ1n) is 7.39. The lowest BCUT2D eigenvalue weighted by Gasteiger charge is -2.10. The maximum absolute atomic E-state index is 12.7. The van der Waals surface area contributed by atoms with Gasteiger partial charge in [0.25, 0.3) is 11.5 Å². The fraction of sp³-hybridized carbons (Fsp3) is 0.133. The Morgan fingerprint density at radius 2 is 1.93 bits per heavy atom. The van der Waals surface area contributed by atoms with Crippen molar-refractivity contribution < 1.29 is 22.5 Å². The summed E-state index contributed by atoms with van der Waals surface area (Å²) in [5, 5.41) is 3.69. The number of hydrazine groups is 1. The number of nitrogens with zero attached hydrogens (tertiary/aromatic N) is 4. The number of amides is 1. The van der Waals surface area contributed by atoms with Crippen LogP contribution >= 0.6 is 0 Å². The number of hydrogen-bond donors (Lipinski definition) is 2. The lowest BCUT2D eigenvalue weighted by Crippen LogP contribution is -2.35. The second-order valence-corrected chi connectivity index (χ2v) is 5.21. The van der Waals surface area contributed by atoms with Gasteiger partial charge in [0, 0.05) is 30.2 Å². The van der Waals surface area contributed by atoms with E-state index in [9.17, 15) is 22.8 Å². The Labute approximate surface area is 148 Å². The molecule has 0 aliphatic carbocycles. The molecule has 3 aromatic heterocycles. The van der Waals surface area contributed by atoms with Crippen LogP contribution in [0.1, 0.15) is 5.56 Å². The molecule has 12 heteroatoms. The van der Waals surface area contributed by atoms with Gasteiger partial charge in [-0.25, -0.2) is 5.43 Å². The molecule has 0 fully saturated rings. The highest BCUT2D eigenvalue weighted by Crippen LogP contribution is 2.27. The van der Waals surface area contributed by atoms with Crippen LogP contribution in [-0.4, -0.2) is 25.6 Å². The van der Waals surface area contributed by atoms with Crippen LogP contribution in [-0.2, 0) is 17.5 Å². The normalized spacial score (nSPS) is 11.2. The van der Waals surface area contributed by atoms with E-state index in [4.69, 9.17) is 4.52 Å². The number of carbonyl (C=O) groups excluding carboxylic acids is 1. The summed E-state index contributed by atoms with van der Waals surface area (Å²) >= 11 is 0. The van der Waals surface area contributed by atoms with Gasteiger partial charge in [0.05, 0.1) is 5.56 Å². The SMILES string of the molecule is O=C(Cn1cc(C(F)(F)F)ccc1=O)NNc1nc(-c2ccncc2)no1. The molecule has 0 spiro atoms. The van der Waals surface area contributed by atoms with Crippen LogP contribution in [0, 0.1) is 0 Å². The number of pyridine rings is 2. The highest BCUT2D eigenvalue weighted by molar-refractivity contribution is 5.76. The second kappa shape index (κ2) is 7.27. The molecule has 0 aliphatic rings. The molecular weight excluding hydrogens is 369 g/mol. The molecule has 0 aromatic carbocycles. The van der Waals surface area contributed by atoms with Crippen molar-refractivity contribution in [3.05, 3.63) is 58.8 Å². The molecule has 0 aliphatic heterocycles. The van der Waals surface area contributed by atoms with Gasteiger partial charge >= 0.3 is 12.2 Å². The van der Waals surface area contributed by atoms with Crippen LogP contribution in [0.25, 0.3) is 11.4 Å². The number of anilines is 1. The molecule has 0 saturated carbocycles. The van der Waals surface area contributed by atoms with Crippen molar-refractivity contribution in [3.8, 4) is 11.4 Å². The lowest BCUT2D eigenvalue weighted by atomic mass is 10.3. The minimum absolute atomic E-state index is 0.147. The van der Waals surface area contributed by atoms with Crippen LogP contribution in [0.4, 0.5) is 19.2 Å². The van der Waals surface area contributed by atoms with Crippen molar-refractivity contribution in [2.45, 2.75) is 12.7 Å². The van der Waals surface area contributed by atoms with Gasteiger partial charge in [-0.1, -0.05) is 5.16 Å². The zero-order valence-electron chi connectivity index (χ0n) is 13.4. The summed E-state index contributed by atoms with van der Waals surface area (Å²) < 4.78 is 43.6. The molecule has 0 unspecified atom stereocenters. The molecule has 27 heavy (non-hydrogen) atoms. The van der Waals surface area contributed by atoms with E-state index in [1.165, 1.54) is 12.4 Å². The third kappa shape index (κ3) is 4.48. The van der Waals surface area contributed by atoms with Crippen LogP contribution < -0.4 is 16.4 Å². The van der Waals surface area contributed by atoms with Crippen molar-refractivity contribution in [2.24, 2.45) is 0 Å². The van der Waals surface area contributed by atoms with E-state index in [0.717, 1.165) is 6.07 Å². The number of carbonyl (C=O) groups is 1. The van der Waals surface area contributed by atoms with E-state index in [1.807, 2.05) is 0 Å². The average molecular weight is 380 g/mol. The molecule has 140 valence electrons. The number of alkyl halides is 3. The molecule has 0 saturated heterocycles. The standard InChI is InChI=1S/C15H11F3N6O3/c16-15(17,18)10-1-2-12(26)24(7-10)8-11(25)21-22-14-20-13(23-27-14)9-3-5-19-6-4-9/h1-7H,8H2,(H,21,25)(H,20,22,23). The Bertz CT molecular complexity index is 1000. The predicted molar refractivity (Wildman–Crippen MR) is 85.0 cm³/mol. The highest BCUT2D eigenvalue weighted by atomic mass is 19.4. The molecule has 3 rings (SSSR count). The molecule has 3 aromatic rings. The minimum Gasteiger partial charge on any atom is -0.313 e. The summed E-state index contributed by atoms with van der Waals surface area (Å²) in [6.07, 6.45) is -0.992. The fourth-order valence-electron chi connectivity index (χ4n) is 2.03.